The predicted octanol–water partition coefficient (Wildman–Crippen LogP) is 5.64. The molecule has 188 valence electrons. The van der Waals surface area contributed by atoms with Crippen molar-refractivity contribution in [2.75, 3.05) is 24.0 Å². The average molecular weight is 528 g/mol. The molecule has 36 heavy (non-hydrogen) atoms. The lowest BCUT2D eigenvalue weighted by Gasteiger charge is -2.18. The lowest BCUT2D eigenvalue weighted by atomic mass is 10.1. The van der Waals surface area contributed by atoms with Gasteiger partial charge in [0.1, 0.15) is 6.61 Å². The molecule has 0 bridgehead atoms. The van der Waals surface area contributed by atoms with Gasteiger partial charge in [-0.1, -0.05) is 60.5 Å². The molecule has 0 aliphatic carbocycles. The van der Waals surface area contributed by atoms with E-state index in [0.717, 1.165) is 17.7 Å². The van der Waals surface area contributed by atoms with Crippen LogP contribution in [0, 0.1) is 5.92 Å². The van der Waals surface area contributed by atoms with Crippen molar-refractivity contribution in [2.45, 2.75) is 26.4 Å². The maximum Gasteiger partial charge on any atom is 0.243 e. The Morgan fingerprint density at radius 3 is 2.53 bits per heavy atom. The van der Waals surface area contributed by atoms with Gasteiger partial charge in [-0.25, -0.2) is 0 Å². The SMILES string of the molecule is CCc1ccc(N2C[C@H](C(=O)NNc3cc(Cl)c(OCc4ccccc4Cl)c(OC)c3)CC2=O)cc1. The third-order valence-corrected chi connectivity index (χ3v) is 6.69. The second kappa shape index (κ2) is 11.5. The second-order valence-corrected chi connectivity index (χ2v) is 9.22. The van der Waals surface area contributed by atoms with Crippen molar-refractivity contribution in [2.24, 2.45) is 5.92 Å². The third kappa shape index (κ3) is 5.86. The van der Waals surface area contributed by atoms with Crippen LogP contribution < -0.4 is 25.2 Å². The van der Waals surface area contributed by atoms with Crippen LogP contribution in [0.25, 0.3) is 0 Å². The molecule has 9 heteroatoms. The van der Waals surface area contributed by atoms with Crippen molar-refractivity contribution < 1.29 is 19.1 Å². The minimum Gasteiger partial charge on any atom is -0.493 e. The molecular weight excluding hydrogens is 501 g/mol. The van der Waals surface area contributed by atoms with E-state index >= 15 is 0 Å². The maximum absolute atomic E-state index is 12.8. The Morgan fingerprint density at radius 2 is 1.83 bits per heavy atom. The fraction of sp³-hybridized carbons (Fsp3) is 0.259. The van der Waals surface area contributed by atoms with Crippen LogP contribution in [0.15, 0.2) is 60.7 Å². The van der Waals surface area contributed by atoms with E-state index in [2.05, 4.69) is 17.8 Å². The zero-order chi connectivity index (χ0) is 25.7. The summed E-state index contributed by atoms with van der Waals surface area (Å²) in [6.45, 7) is 2.61. The first-order chi connectivity index (χ1) is 17.4. The Labute approximate surface area is 220 Å². The normalized spacial score (nSPS) is 15.1. The molecule has 1 heterocycles. The van der Waals surface area contributed by atoms with Crippen molar-refractivity contribution in [1.29, 1.82) is 0 Å². The maximum atomic E-state index is 12.8. The van der Waals surface area contributed by atoms with E-state index in [9.17, 15) is 9.59 Å². The Kier molecular flexibility index (Phi) is 8.23. The Balaban J connectivity index is 1.37. The number of aryl methyl sites for hydroxylation is 1. The molecule has 2 amide bonds. The molecule has 1 fully saturated rings. The fourth-order valence-corrected chi connectivity index (χ4v) is 4.43. The standard InChI is InChI=1S/C27H27Cl2N3O4/c1-3-17-8-10-21(11-9-17)32-15-19(12-25(32)33)27(34)31-30-20-13-23(29)26(24(14-20)35-2)36-16-18-6-4-5-7-22(18)28/h4-11,13-14,19,30H,3,12,15-16H2,1-2H3,(H,31,34)/t19-/m1/s1. The summed E-state index contributed by atoms with van der Waals surface area (Å²) >= 11 is 12.6. The Hall–Kier alpha value is -3.42. The van der Waals surface area contributed by atoms with Crippen LogP contribution in [0.2, 0.25) is 10.0 Å². The van der Waals surface area contributed by atoms with E-state index in [-0.39, 0.29) is 24.8 Å². The van der Waals surface area contributed by atoms with Crippen LogP contribution in [0.3, 0.4) is 0 Å². The summed E-state index contributed by atoms with van der Waals surface area (Å²) in [5.41, 5.74) is 8.84. The molecule has 3 aromatic rings. The van der Waals surface area contributed by atoms with E-state index in [1.807, 2.05) is 42.5 Å². The highest BCUT2D eigenvalue weighted by Crippen LogP contribution is 2.39. The van der Waals surface area contributed by atoms with Crippen LogP contribution in [0.4, 0.5) is 11.4 Å². The molecule has 7 nitrogen and oxygen atoms in total. The minimum atomic E-state index is -0.480. The minimum absolute atomic E-state index is 0.0795. The van der Waals surface area contributed by atoms with Gasteiger partial charge >= 0.3 is 0 Å². The fourth-order valence-electron chi connectivity index (χ4n) is 3.98. The van der Waals surface area contributed by atoms with Gasteiger partial charge in [0.2, 0.25) is 11.8 Å². The average Bonchev–Trinajstić information content (AvgIpc) is 3.28. The zero-order valence-electron chi connectivity index (χ0n) is 20.0. The molecular formula is C27H27Cl2N3O4. The van der Waals surface area contributed by atoms with Crippen LogP contribution in [0.1, 0.15) is 24.5 Å². The van der Waals surface area contributed by atoms with Crippen LogP contribution in [-0.4, -0.2) is 25.5 Å². The Bertz CT molecular complexity index is 1250. The molecule has 3 aromatic carbocycles. The van der Waals surface area contributed by atoms with Crippen molar-refractivity contribution in [1.82, 2.24) is 5.43 Å². The van der Waals surface area contributed by atoms with E-state index in [4.69, 9.17) is 32.7 Å². The number of nitrogens with one attached hydrogen (secondary N) is 2. The van der Waals surface area contributed by atoms with Gasteiger partial charge in [-0.05, 0) is 36.2 Å². The van der Waals surface area contributed by atoms with Crippen molar-refractivity contribution in [3.05, 3.63) is 81.8 Å². The third-order valence-electron chi connectivity index (χ3n) is 6.04. The highest BCUT2D eigenvalue weighted by Gasteiger charge is 2.35. The lowest BCUT2D eigenvalue weighted by Crippen LogP contribution is -2.36. The zero-order valence-corrected chi connectivity index (χ0v) is 21.5. The number of hydrazine groups is 1. The first-order valence-electron chi connectivity index (χ1n) is 11.6. The van der Waals surface area contributed by atoms with Crippen LogP contribution >= 0.6 is 23.2 Å². The van der Waals surface area contributed by atoms with Gasteiger partial charge in [0, 0.05) is 35.3 Å². The smallest absolute Gasteiger partial charge is 0.243 e. The highest BCUT2D eigenvalue weighted by atomic mass is 35.5. The number of rotatable bonds is 9. The van der Waals surface area contributed by atoms with Gasteiger partial charge in [-0.15, -0.1) is 0 Å². The summed E-state index contributed by atoms with van der Waals surface area (Å²) in [5, 5.41) is 0.895. The molecule has 1 saturated heterocycles. The van der Waals surface area contributed by atoms with Crippen molar-refractivity contribution in [3.63, 3.8) is 0 Å². The molecule has 0 aromatic heterocycles. The van der Waals surface area contributed by atoms with Gasteiger partial charge in [0.05, 0.1) is 23.7 Å². The number of hydrogen-bond acceptors (Lipinski definition) is 5. The molecule has 0 saturated carbocycles. The number of halogens is 2. The first kappa shape index (κ1) is 25.7. The molecule has 4 rings (SSSR count). The van der Waals surface area contributed by atoms with E-state index in [1.165, 1.54) is 12.7 Å². The molecule has 0 spiro atoms. The topological polar surface area (TPSA) is 79.9 Å². The van der Waals surface area contributed by atoms with Crippen molar-refractivity contribution in [3.8, 4) is 11.5 Å². The largest absolute Gasteiger partial charge is 0.493 e. The van der Waals surface area contributed by atoms with Gasteiger partial charge in [-0.3, -0.25) is 20.4 Å². The van der Waals surface area contributed by atoms with Gasteiger partial charge in [-0.2, -0.15) is 0 Å². The number of carbonyl (C=O) groups is 2. The number of anilines is 2. The van der Waals surface area contributed by atoms with Crippen LogP contribution in [0.5, 0.6) is 11.5 Å². The number of nitrogens with zero attached hydrogens (tertiary/aromatic N) is 1. The summed E-state index contributed by atoms with van der Waals surface area (Å²) in [6.07, 6.45) is 1.07. The number of hydrogen-bond donors (Lipinski definition) is 2. The summed E-state index contributed by atoms with van der Waals surface area (Å²) in [4.78, 5) is 27.0. The molecule has 2 N–H and O–H groups in total. The van der Waals surface area contributed by atoms with Gasteiger partial charge < -0.3 is 14.4 Å². The molecule has 1 atom stereocenters. The summed E-state index contributed by atoms with van der Waals surface area (Å²) in [6, 6.07) is 18.5. The quantitative estimate of drug-likeness (QED) is 0.352. The predicted molar refractivity (Wildman–Crippen MR) is 142 cm³/mol. The number of ether oxygens (including phenoxy) is 2. The molecule has 0 unspecified atom stereocenters. The number of benzene rings is 3. The van der Waals surface area contributed by atoms with Crippen molar-refractivity contribution >= 4 is 46.4 Å². The van der Waals surface area contributed by atoms with E-state index in [0.29, 0.717) is 33.8 Å². The van der Waals surface area contributed by atoms with E-state index in [1.54, 1.807) is 23.1 Å². The second-order valence-electron chi connectivity index (χ2n) is 8.41. The monoisotopic (exact) mass is 527 g/mol. The number of amides is 2. The van der Waals surface area contributed by atoms with Gasteiger partial charge in [0.15, 0.2) is 11.5 Å². The van der Waals surface area contributed by atoms with Gasteiger partial charge in [0.25, 0.3) is 0 Å². The number of carbonyl (C=O) groups excluding carboxylic acids is 2. The van der Waals surface area contributed by atoms with Crippen LogP contribution in [-0.2, 0) is 22.6 Å². The Morgan fingerprint density at radius 1 is 1.08 bits per heavy atom. The lowest BCUT2D eigenvalue weighted by molar-refractivity contribution is -0.125. The summed E-state index contributed by atoms with van der Waals surface area (Å²) in [5.74, 6) is -0.0909. The summed E-state index contributed by atoms with van der Waals surface area (Å²) in [7, 11) is 1.50. The summed E-state index contributed by atoms with van der Waals surface area (Å²) < 4.78 is 11.3. The highest BCUT2D eigenvalue weighted by molar-refractivity contribution is 6.32. The van der Waals surface area contributed by atoms with E-state index < -0.39 is 5.92 Å². The molecule has 1 aliphatic heterocycles. The number of methoxy groups -OCH3 is 1. The molecule has 0 radical (unpaired) electrons. The first-order valence-corrected chi connectivity index (χ1v) is 12.3. The molecule has 1 aliphatic rings.